The third kappa shape index (κ3) is 54.9. The van der Waals surface area contributed by atoms with Gasteiger partial charge in [-0.15, -0.1) is 0 Å². The lowest BCUT2D eigenvalue weighted by molar-refractivity contribution is -0.123. The third-order valence-corrected chi connectivity index (χ3v) is 13.7. The van der Waals surface area contributed by atoms with E-state index in [1.807, 2.05) is 6.08 Å². The van der Waals surface area contributed by atoms with Gasteiger partial charge in [-0.25, -0.2) is 0 Å². The van der Waals surface area contributed by atoms with Gasteiger partial charge in [0, 0.05) is 6.42 Å². The molecule has 0 saturated carbocycles. The van der Waals surface area contributed by atoms with Crippen molar-refractivity contribution in [3.05, 3.63) is 60.8 Å². The van der Waals surface area contributed by atoms with E-state index < -0.39 is 12.1 Å². The van der Waals surface area contributed by atoms with Gasteiger partial charge in [0.05, 0.1) is 18.8 Å². The van der Waals surface area contributed by atoms with E-state index in [-0.39, 0.29) is 12.5 Å². The van der Waals surface area contributed by atoms with Crippen LogP contribution in [-0.4, -0.2) is 34.9 Å². The number of nitrogens with one attached hydrogen (secondary N) is 1. The molecule has 392 valence electrons. The summed E-state index contributed by atoms with van der Waals surface area (Å²) in [6.07, 6.45) is 82.7. The lowest BCUT2D eigenvalue weighted by Gasteiger charge is -2.19. The molecule has 0 aromatic heterocycles. The summed E-state index contributed by atoms with van der Waals surface area (Å²) < 4.78 is 0. The average molecular weight is 937 g/mol. The van der Waals surface area contributed by atoms with E-state index in [4.69, 9.17) is 0 Å². The van der Waals surface area contributed by atoms with Crippen molar-refractivity contribution in [2.75, 3.05) is 6.61 Å². The summed E-state index contributed by atoms with van der Waals surface area (Å²) in [5.41, 5.74) is 0. The second-order valence-electron chi connectivity index (χ2n) is 20.4. The summed E-state index contributed by atoms with van der Waals surface area (Å²) in [5.74, 6) is -0.0738. The van der Waals surface area contributed by atoms with Gasteiger partial charge < -0.3 is 15.5 Å². The zero-order chi connectivity index (χ0) is 48.5. The normalized spacial score (nSPS) is 13.2. The predicted octanol–water partition coefficient (Wildman–Crippen LogP) is 20.0. The first kappa shape index (κ1) is 65.1. The molecule has 0 aromatic rings. The number of rotatable bonds is 55. The monoisotopic (exact) mass is 936 g/mol. The lowest BCUT2D eigenvalue weighted by atomic mass is 10.0. The van der Waals surface area contributed by atoms with Crippen molar-refractivity contribution >= 4 is 5.91 Å². The van der Waals surface area contributed by atoms with Crippen LogP contribution in [0.15, 0.2) is 60.8 Å². The van der Waals surface area contributed by atoms with Crippen molar-refractivity contribution in [1.82, 2.24) is 5.32 Å². The molecule has 2 atom stereocenters. The molecule has 0 spiro atoms. The fourth-order valence-corrected chi connectivity index (χ4v) is 9.13. The summed E-state index contributed by atoms with van der Waals surface area (Å²) in [6.45, 7) is 4.30. The highest BCUT2D eigenvalue weighted by Crippen LogP contribution is 2.17. The Morgan fingerprint density at radius 1 is 0.358 bits per heavy atom. The zero-order valence-electron chi connectivity index (χ0n) is 45.2. The first-order chi connectivity index (χ1) is 33.2. The first-order valence-corrected chi connectivity index (χ1v) is 30.0. The summed E-state index contributed by atoms with van der Waals surface area (Å²) >= 11 is 0. The molecule has 3 N–H and O–H groups in total. The van der Waals surface area contributed by atoms with Crippen LogP contribution >= 0.6 is 0 Å². The van der Waals surface area contributed by atoms with Gasteiger partial charge in [-0.1, -0.05) is 293 Å². The molecule has 0 aliphatic heterocycles. The Labute approximate surface area is 419 Å². The number of carbonyl (C=O) groups is 1. The van der Waals surface area contributed by atoms with Gasteiger partial charge in [0.15, 0.2) is 0 Å². The summed E-state index contributed by atoms with van der Waals surface area (Å²) in [5, 5.41) is 23.1. The van der Waals surface area contributed by atoms with Crippen molar-refractivity contribution < 1.29 is 15.0 Å². The summed E-state index contributed by atoms with van der Waals surface area (Å²) in [7, 11) is 0. The number of hydrogen-bond acceptors (Lipinski definition) is 3. The van der Waals surface area contributed by atoms with E-state index in [9.17, 15) is 15.0 Å². The standard InChI is InChI=1S/C63H117NO3/c1-3-5-7-9-11-13-15-17-19-21-23-24-25-26-27-28-29-30-31-32-33-34-35-36-37-38-39-40-41-43-45-47-49-51-53-55-57-59-63(67)64-61(60-65)62(66)58-56-54-52-50-48-46-44-42-22-20-18-16-14-12-10-8-6-4-2/h15,17,21-23,42,48,50,56,58,61-62,65-66H,3-14,16,18-20,24-41,43-47,49,51-55,57,59-60H2,1-2H3,(H,64,67)/b17-15-,23-21-,42-22+,50-48+,58-56+. The van der Waals surface area contributed by atoms with Crippen molar-refractivity contribution in [1.29, 1.82) is 0 Å². The summed E-state index contributed by atoms with van der Waals surface area (Å²) in [4.78, 5) is 12.5. The van der Waals surface area contributed by atoms with Crippen LogP contribution in [0.1, 0.15) is 316 Å². The van der Waals surface area contributed by atoms with Crippen LogP contribution in [0.4, 0.5) is 0 Å². The largest absolute Gasteiger partial charge is 0.394 e. The Morgan fingerprint density at radius 2 is 0.627 bits per heavy atom. The molecule has 4 heteroatoms. The topological polar surface area (TPSA) is 69.6 Å². The zero-order valence-corrected chi connectivity index (χ0v) is 45.2. The SMILES string of the molecule is CCCCCCC/C=C\C/C=C\CCCCCCCCCCCCCCCCCCCCCCCCCCCC(=O)NC(CO)C(O)/C=C/CC/C=C/CC/C=C/CCCCCCCCCC. The highest BCUT2D eigenvalue weighted by Gasteiger charge is 2.18. The summed E-state index contributed by atoms with van der Waals surface area (Å²) in [6, 6.07) is -0.646. The Hall–Kier alpha value is -1.91. The minimum atomic E-state index is -0.870. The van der Waals surface area contributed by atoms with Crippen LogP contribution in [0.25, 0.3) is 0 Å². The van der Waals surface area contributed by atoms with Crippen LogP contribution in [0.2, 0.25) is 0 Å². The molecule has 0 heterocycles. The van der Waals surface area contributed by atoms with E-state index in [1.54, 1.807) is 6.08 Å². The van der Waals surface area contributed by atoms with Gasteiger partial charge in [0.2, 0.25) is 5.91 Å². The molecule has 0 aliphatic rings. The van der Waals surface area contributed by atoms with Crippen LogP contribution in [0.3, 0.4) is 0 Å². The van der Waals surface area contributed by atoms with Crippen LogP contribution in [-0.2, 0) is 4.79 Å². The van der Waals surface area contributed by atoms with E-state index in [2.05, 4.69) is 67.8 Å². The Kier molecular flexibility index (Phi) is 56.7. The smallest absolute Gasteiger partial charge is 0.220 e. The second-order valence-corrected chi connectivity index (χ2v) is 20.4. The third-order valence-electron chi connectivity index (χ3n) is 13.7. The van der Waals surface area contributed by atoms with Crippen LogP contribution in [0, 0.1) is 0 Å². The molecular weight excluding hydrogens is 819 g/mol. The molecule has 0 aliphatic carbocycles. The van der Waals surface area contributed by atoms with Crippen LogP contribution in [0.5, 0.6) is 0 Å². The minimum absolute atomic E-state index is 0.0738. The van der Waals surface area contributed by atoms with Gasteiger partial charge in [-0.3, -0.25) is 4.79 Å². The van der Waals surface area contributed by atoms with Crippen LogP contribution < -0.4 is 5.32 Å². The molecule has 2 unspecified atom stereocenters. The van der Waals surface area contributed by atoms with Gasteiger partial charge in [0.1, 0.15) is 0 Å². The van der Waals surface area contributed by atoms with Crippen molar-refractivity contribution in [2.24, 2.45) is 0 Å². The van der Waals surface area contributed by atoms with E-state index in [0.29, 0.717) is 6.42 Å². The molecule has 0 saturated heterocycles. The van der Waals surface area contributed by atoms with E-state index in [0.717, 1.165) is 44.9 Å². The Bertz CT molecular complexity index is 1110. The first-order valence-electron chi connectivity index (χ1n) is 30.0. The van der Waals surface area contributed by atoms with E-state index >= 15 is 0 Å². The Balaban J connectivity index is 3.45. The average Bonchev–Trinajstić information content (AvgIpc) is 3.33. The molecule has 0 bridgehead atoms. The molecule has 0 radical (unpaired) electrons. The predicted molar refractivity (Wildman–Crippen MR) is 299 cm³/mol. The van der Waals surface area contributed by atoms with Crippen molar-refractivity contribution in [3.8, 4) is 0 Å². The van der Waals surface area contributed by atoms with Gasteiger partial charge in [0.25, 0.3) is 0 Å². The van der Waals surface area contributed by atoms with Crippen molar-refractivity contribution in [2.45, 2.75) is 328 Å². The number of aliphatic hydroxyl groups is 2. The maximum absolute atomic E-state index is 12.5. The number of hydrogen-bond donors (Lipinski definition) is 3. The molecule has 1 amide bonds. The number of carbonyl (C=O) groups excluding carboxylic acids is 1. The molecule has 0 aromatic carbocycles. The highest BCUT2D eigenvalue weighted by molar-refractivity contribution is 5.76. The number of aliphatic hydroxyl groups excluding tert-OH is 2. The second kappa shape index (κ2) is 58.4. The highest BCUT2D eigenvalue weighted by atomic mass is 16.3. The fraction of sp³-hybridized carbons (Fsp3) is 0.825. The van der Waals surface area contributed by atoms with Gasteiger partial charge >= 0.3 is 0 Å². The van der Waals surface area contributed by atoms with Gasteiger partial charge in [-0.05, 0) is 77.0 Å². The maximum atomic E-state index is 12.5. The number of allylic oxidation sites excluding steroid dienone is 9. The maximum Gasteiger partial charge on any atom is 0.220 e. The Morgan fingerprint density at radius 3 is 0.955 bits per heavy atom. The number of unbranched alkanes of at least 4 members (excludes halogenated alkanes) is 40. The molecule has 67 heavy (non-hydrogen) atoms. The molecular formula is C63H117NO3. The number of amides is 1. The van der Waals surface area contributed by atoms with Crippen molar-refractivity contribution in [3.63, 3.8) is 0 Å². The molecule has 4 nitrogen and oxygen atoms in total. The fourth-order valence-electron chi connectivity index (χ4n) is 9.13. The quantitative estimate of drug-likeness (QED) is 0.0420. The minimum Gasteiger partial charge on any atom is -0.394 e. The molecule has 0 fully saturated rings. The van der Waals surface area contributed by atoms with E-state index in [1.165, 1.54) is 250 Å². The molecule has 0 rings (SSSR count). The van der Waals surface area contributed by atoms with Gasteiger partial charge in [-0.2, -0.15) is 0 Å². The lowest BCUT2D eigenvalue weighted by Crippen LogP contribution is -2.45.